The van der Waals surface area contributed by atoms with E-state index in [1.165, 1.54) is 6.08 Å². The number of carbonyl (C=O) groups excluding carboxylic acids is 1. The molecule has 0 radical (unpaired) electrons. The lowest BCUT2D eigenvalue weighted by atomic mass is 10.1. The quantitative estimate of drug-likeness (QED) is 0.568. The molecule has 0 bridgehead atoms. The number of rotatable bonds is 6. The molecule has 6 heteroatoms. The second kappa shape index (κ2) is 9.59. The van der Waals surface area contributed by atoms with Gasteiger partial charge in [-0.15, -0.1) is 0 Å². The van der Waals surface area contributed by atoms with Crippen LogP contribution in [-0.4, -0.2) is 38.9 Å². The molecule has 2 aliphatic heterocycles. The minimum absolute atomic E-state index is 0.232. The van der Waals surface area contributed by atoms with Crippen LogP contribution in [0.1, 0.15) is 44.1 Å². The maximum Gasteiger partial charge on any atom is 0.333 e. The van der Waals surface area contributed by atoms with Gasteiger partial charge in [0, 0.05) is 18.9 Å². The van der Waals surface area contributed by atoms with Crippen LogP contribution in [0.25, 0.3) is 6.08 Å². The van der Waals surface area contributed by atoms with E-state index in [0.29, 0.717) is 18.1 Å². The Morgan fingerprint density at radius 2 is 1.77 bits per heavy atom. The summed E-state index contributed by atoms with van der Waals surface area (Å²) in [6, 6.07) is 5.51. The second-order valence-electron chi connectivity index (χ2n) is 6.39. The summed E-state index contributed by atoms with van der Waals surface area (Å²) < 4.78 is 27.6. The highest BCUT2D eigenvalue weighted by Crippen LogP contribution is 2.31. The highest BCUT2D eigenvalue weighted by Gasteiger charge is 2.18. The van der Waals surface area contributed by atoms with Crippen molar-refractivity contribution < 1.29 is 28.5 Å². The molecule has 0 amide bonds. The van der Waals surface area contributed by atoms with Gasteiger partial charge in [-0.1, -0.05) is 6.07 Å². The van der Waals surface area contributed by atoms with Gasteiger partial charge in [0.25, 0.3) is 0 Å². The molecule has 6 nitrogen and oxygen atoms in total. The summed E-state index contributed by atoms with van der Waals surface area (Å²) in [4.78, 5) is 11.9. The SMILES string of the molecule is COc1cc(C=CC(=O)OC2CCCCO2)ccc1OC1CCCCO1. The van der Waals surface area contributed by atoms with Crippen LogP contribution in [0, 0.1) is 0 Å². The summed E-state index contributed by atoms with van der Waals surface area (Å²) >= 11 is 0. The minimum Gasteiger partial charge on any atom is -0.493 e. The predicted octanol–water partition coefficient (Wildman–Crippen LogP) is 3.68. The third kappa shape index (κ3) is 5.47. The molecule has 1 aromatic rings. The lowest BCUT2D eigenvalue weighted by Gasteiger charge is -2.24. The third-order valence-corrected chi connectivity index (χ3v) is 4.38. The van der Waals surface area contributed by atoms with Crippen LogP contribution in [0.3, 0.4) is 0 Å². The zero-order valence-corrected chi connectivity index (χ0v) is 15.1. The molecule has 1 aromatic carbocycles. The van der Waals surface area contributed by atoms with Gasteiger partial charge in [-0.25, -0.2) is 4.79 Å². The number of benzene rings is 1. The smallest absolute Gasteiger partial charge is 0.333 e. The van der Waals surface area contributed by atoms with Crippen molar-refractivity contribution in [2.75, 3.05) is 20.3 Å². The van der Waals surface area contributed by atoms with Crippen LogP contribution in [-0.2, 0) is 19.0 Å². The molecule has 142 valence electrons. The Balaban J connectivity index is 1.58. The Bertz CT molecular complexity index is 615. The first kappa shape index (κ1) is 18.7. The van der Waals surface area contributed by atoms with Crippen molar-refractivity contribution in [2.24, 2.45) is 0 Å². The van der Waals surface area contributed by atoms with Gasteiger partial charge in [0.1, 0.15) is 0 Å². The van der Waals surface area contributed by atoms with Crippen molar-refractivity contribution in [1.82, 2.24) is 0 Å². The Kier molecular flexibility index (Phi) is 6.91. The Morgan fingerprint density at radius 1 is 1.04 bits per heavy atom. The summed E-state index contributed by atoms with van der Waals surface area (Å²) in [5.74, 6) is 0.826. The van der Waals surface area contributed by atoms with Gasteiger partial charge in [0.2, 0.25) is 6.29 Å². The molecule has 0 aromatic heterocycles. The fraction of sp³-hybridized carbons (Fsp3) is 0.550. The zero-order valence-electron chi connectivity index (χ0n) is 15.1. The van der Waals surface area contributed by atoms with Crippen LogP contribution in [0.4, 0.5) is 0 Å². The first-order valence-corrected chi connectivity index (χ1v) is 9.21. The monoisotopic (exact) mass is 362 g/mol. The molecule has 26 heavy (non-hydrogen) atoms. The normalized spacial score (nSPS) is 23.6. The molecule has 2 atom stereocenters. The topological polar surface area (TPSA) is 63.2 Å². The highest BCUT2D eigenvalue weighted by atomic mass is 16.7. The summed E-state index contributed by atoms with van der Waals surface area (Å²) in [5.41, 5.74) is 0.820. The number of hydrogen-bond donors (Lipinski definition) is 0. The van der Waals surface area contributed by atoms with Crippen LogP contribution >= 0.6 is 0 Å². The van der Waals surface area contributed by atoms with Gasteiger partial charge in [0.05, 0.1) is 20.3 Å². The first-order valence-electron chi connectivity index (χ1n) is 9.21. The summed E-state index contributed by atoms with van der Waals surface area (Å²) in [6.07, 6.45) is 8.26. The fourth-order valence-corrected chi connectivity index (χ4v) is 2.97. The molecule has 2 fully saturated rings. The van der Waals surface area contributed by atoms with E-state index in [4.69, 9.17) is 23.7 Å². The maximum atomic E-state index is 11.9. The Hall–Kier alpha value is -2.05. The molecule has 0 N–H and O–H groups in total. The van der Waals surface area contributed by atoms with Crippen LogP contribution in [0.2, 0.25) is 0 Å². The van der Waals surface area contributed by atoms with Gasteiger partial charge in [-0.2, -0.15) is 0 Å². The minimum atomic E-state index is -0.429. The average molecular weight is 362 g/mol. The molecular weight excluding hydrogens is 336 g/mol. The molecule has 3 rings (SSSR count). The first-order chi connectivity index (χ1) is 12.7. The molecule has 2 unspecified atom stereocenters. The lowest BCUT2D eigenvalue weighted by Crippen LogP contribution is -2.25. The number of carbonyl (C=O) groups is 1. The van der Waals surface area contributed by atoms with Crippen molar-refractivity contribution in [3.8, 4) is 11.5 Å². The molecular formula is C20H26O6. The van der Waals surface area contributed by atoms with Crippen molar-refractivity contribution in [1.29, 1.82) is 0 Å². The third-order valence-electron chi connectivity index (χ3n) is 4.38. The summed E-state index contributed by atoms with van der Waals surface area (Å²) in [5, 5.41) is 0. The molecule has 0 aliphatic carbocycles. The van der Waals surface area contributed by atoms with Gasteiger partial charge in [-0.3, -0.25) is 0 Å². The van der Waals surface area contributed by atoms with E-state index in [1.807, 2.05) is 18.2 Å². The second-order valence-corrected chi connectivity index (χ2v) is 6.39. The van der Waals surface area contributed by atoms with Gasteiger partial charge < -0.3 is 23.7 Å². The number of methoxy groups -OCH3 is 1. The predicted molar refractivity (Wildman–Crippen MR) is 95.9 cm³/mol. The van der Waals surface area contributed by atoms with E-state index in [9.17, 15) is 4.79 Å². The van der Waals surface area contributed by atoms with Gasteiger partial charge >= 0.3 is 5.97 Å². The van der Waals surface area contributed by atoms with E-state index < -0.39 is 12.3 Å². The average Bonchev–Trinajstić information content (AvgIpc) is 2.69. The lowest BCUT2D eigenvalue weighted by molar-refractivity contribution is -0.181. The molecule has 2 saturated heterocycles. The standard InChI is InChI=1S/C20H26O6/c1-22-17-14-15(8-10-16(17)25-19-6-2-4-12-23-19)9-11-18(21)26-20-7-3-5-13-24-20/h8-11,14,19-20H,2-7,12-13H2,1H3. The van der Waals surface area contributed by atoms with Gasteiger partial charge in [0.15, 0.2) is 17.8 Å². The van der Waals surface area contributed by atoms with Crippen LogP contribution < -0.4 is 9.47 Å². The molecule has 0 saturated carbocycles. The largest absolute Gasteiger partial charge is 0.493 e. The van der Waals surface area contributed by atoms with E-state index in [2.05, 4.69) is 0 Å². The molecule has 2 heterocycles. The number of esters is 1. The van der Waals surface area contributed by atoms with Gasteiger partial charge in [-0.05, 0) is 49.5 Å². The van der Waals surface area contributed by atoms with Crippen molar-refractivity contribution >= 4 is 12.0 Å². The van der Waals surface area contributed by atoms with Crippen molar-refractivity contribution in [2.45, 2.75) is 51.1 Å². The van der Waals surface area contributed by atoms with Crippen molar-refractivity contribution in [3.05, 3.63) is 29.8 Å². The maximum absolute atomic E-state index is 11.9. The van der Waals surface area contributed by atoms with E-state index in [0.717, 1.165) is 50.7 Å². The van der Waals surface area contributed by atoms with Crippen LogP contribution in [0.5, 0.6) is 11.5 Å². The molecule has 2 aliphatic rings. The van der Waals surface area contributed by atoms with E-state index >= 15 is 0 Å². The van der Waals surface area contributed by atoms with E-state index in [-0.39, 0.29) is 6.29 Å². The zero-order chi connectivity index (χ0) is 18.2. The van der Waals surface area contributed by atoms with Crippen molar-refractivity contribution in [3.63, 3.8) is 0 Å². The number of hydrogen-bond acceptors (Lipinski definition) is 6. The summed E-state index contributed by atoms with van der Waals surface area (Å²) in [6.45, 7) is 1.37. The Morgan fingerprint density at radius 3 is 2.42 bits per heavy atom. The van der Waals surface area contributed by atoms with E-state index in [1.54, 1.807) is 13.2 Å². The Labute approximate surface area is 154 Å². The highest BCUT2D eigenvalue weighted by molar-refractivity contribution is 5.87. The number of ether oxygens (including phenoxy) is 5. The fourth-order valence-electron chi connectivity index (χ4n) is 2.97. The molecule has 0 spiro atoms. The van der Waals surface area contributed by atoms with Crippen LogP contribution in [0.15, 0.2) is 24.3 Å². The summed E-state index contributed by atoms with van der Waals surface area (Å²) in [7, 11) is 1.59.